The Balaban J connectivity index is 2.03. The van der Waals surface area contributed by atoms with Crippen molar-refractivity contribution in [3.8, 4) is 5.88 Å². The molecular formula is C15H18FN3O. The van der Waals surface area contributed by atoms with E-state index < -0.39 is 0 Å². The number of hydrogen-bond donors (Lipinski definition) is 1. The summed E-state index contributed by atoms with van der Waals surface area (Å²) in [5.41, 5.74) is 0.967. The Kier molecular flexibility index (Phi) is 4.87. The number of rotatable bonds is 6. The Morgan fingerprint density at radius 1 is 1.25 bits per heavy atom. The predicted molar refractivity (Wildman–Crippen MR) is 76.3 cm³/mol. The highest BCUT2D eigenvalue weighted by Crippen LogP contribution is 2.18. The van der Waals surface area contributed by atoms with E-state index in [4.69, 9.17) is 4.74 Å². The summed E-state index contributed by atoms with van der Waals surface area (Å²) in [7, 11) is 0. The van der Waals surface area contributed by atoms with Crippen LogP contribution in [0.3, 0.4) is 0 Å². The van der Waals surface area contributed by atoms with Crippen LogP contribution < -0.4 is 10.1 Å². The maximum atomic E-state index is 12.9. The second kappa shape index (κ2) is 6.84. The molecule has 1 N–H and O–H groups in total. The van der Waals surface area contributed by atoms with E-state index in [2.05, 4.69) is 15.3 Å². The van der Waals surface area contributed by atoms with Crippen molar-refractivity contribution in [1.29, 1.82) is 0 Å². The lowest BCUT2D eigenvalue weighted by atomic mass is 10.1. The maximum absolute atomic E-state index is 12.9. The first kappa shape index (κ1) is 14.2. The summed E-state index contributed by atoms with van der Waals surface area (Å²) < 4.78 is 18.3. The summed E-state index contributed by atoms with van der Waals surface area (Å²) in [5.74, 6) is 0.804. The third-order valence-electron chi connectivity index (χ3n) is 2.80. The van der Waals surface area contributed by atoms with E-state index in [0.29, 0.717) is 18.4 Å². The number of ether oxygens (including phenoxy) is 1. The van der Waals surface area contributed by atoms with Crippen LogP contribution in [-0.4, -0.2) is 16.6 Å². The molecule has 1 unspecified atom stereocenters. The van der Waals surface area contributed by atoms with Gasteiger partial charge in [0.1, 0.15) is 5.82 Å². The number of hydrogen-bond acceptors (Lipinski definition) is 4. The average Bonchev–Trinajstić information content (AvgIpc) is 2.46. The molecule has 0 aliphatic carbocycles. The molecule has 0 fully saturated rings. The van der Waals surface area contributed by atoms with Gasteiger partial charge in [-0.1, -0.05) is 19.1 Å². The molecule has 20 heavy (non-hydrogen) atoms. The summed E-state index contributed by atoms with van der Waals surface area (Å²) in [6.45, 7) is 4.64. The quantitative estimate of drug-likeness (QED) is 0.875. The third-order valence-corrected chi connectivity index (χ3v) is 2.80. The van der Waals surface area contributed by atoms with Crippen molar-refractivity contribution in [2.45, 2.75) is 26.3 Å². The van der Waals surface area contributed by atoms with Crippen molar-refractivity contribution in [2.24, 2.45) is 0 Å². The number of benzene rings is 1. The van der Waals surface area contributed by atoms with Gasteiger partial charge in [0.2, 0.25) is 11.8 Å². The van der Waals surface area contributed by atoms with Gasteiger partial charge >= 0.3 is 0 Å². The van der Waals surface area contributed by atoms with E-state index in [1.165, 1.54) is 12.1 Å². The Morgan fingerprint density at radius 3 is 2.70 bits per heavy atom. The van der Waals surface area contributed by atoms with Crippen LogP contribution in [0.15, 0.2) is 36.5 Å². The van der Waals surface area contributed by atoms with Crippen molar-refractivity contribution in [1.82, 2.24) is 9.97 Å². The molecule has 1 aromatic carbocycles. The molecule has 0 spiro atoms. The lowest BCUT2D eigenvalue weighted by molar-refractivity contribution is 0.305. The van der Waals surface area contributed by atoms with Crippen molar-refractivity contribution in [2.75, 3.05) is 11.9 Å². The molecule has 2 rings (SSSR count). The highest BCUT2D eigenvalue weighted by atomic mass is 19.1. The summed E-state index contributed by atoms with van der Waals surface area (Å²) in [5, 5.41) is 3.17. The van der Waals surface area contributed by atoms with Gasteiger partial charge in [0.25, 0.3) is 0 Å². The van der Waals surface area contributed by atoms with E-state index in [1.807, 2.05) is 13.8 Å². The SMILES string of the molecule is CCCOc1ccnc(NC(C)c2ccc(F)cc2)n1. The van der Waals surface area contributed by atoms with Gasteiger partial charge in [0.05, 0.1) is 12.6 Å². The van der Waals surface area contributed by atoms with Gasteiger partial charge < -0.3 is 10.1 Å². The second-order valence-electron chi connectivity index (χ2n) is 4.48. The molecule has 5 heteroatoms. The molecular weight excluding hydrogens is 257 g/mol. The van der Waals surface area contributed by atoms with Gasteiger partial charge in [-0.25, -0.2) is 9.37 Å². The first-order valence-electron chi connectivity index (χ1n) is 6.67. The molecule has 106 valence electrons. The average molecular weight is 275 g/mol. The molecule has 0 aliphatic heterocycles. The van der Waals surface area contributed by atoms with Crippen LogP contribution in [0.5, 0.6) is 5.88 Å². The molecule has 0 aliphatic rings. The summed E-state index contributed by atoms with van der Waals surface area (Å²) in [6, 6.07) is 8.07. The summed E-state index contributed by atoms with van der Waals surface area (Å²) in [6.07, 6.45) is 2.58. The van der Waals surface area contributed by atoms with Crippen LogP contribution in [-0.2, 0) is 0 Å². The Labute approximate surface area is 118 Å². The van der Waals surface area contributed by atoms with E-state index in [9.17, 15) is 4.39 Å². The van der Waals surface area contributed by atoms with Gasteiger partial charge in [0, 0.05) is 12.3 Å². The molecule has 1 atom stereocenters. The monoisotopic (exact) mass is 275 g/mol. The molecule has 0 amide bonds. The molecule has 0 saturated carbocycles. The zero-order valence-corrected chi connectivity index (χ0v) is 11.6. The predicted octanol–water partition coefficient (Wildman–Crippen LogP) is 3.58. The number of aromatic nitrogens is 2. The fraction of sp³-hybridized carbons (Fsp3) is 0.333. The number of nitrogens with zero attached hydrogens (tertiary/aromatic N) is 2. The van der Waals surface area contributed by atoms with E-state index in [-0.39, 0.29) is 11.9 Å². The highest BCUT2D eigenvalue weighted by molar-refractivity contribution is 5.33. The van der Waals surface area contributed by atoms with Gasteiger partial charge in [0.15, 0.2) is 0 Å². The molecule has 1 heterocycles. The van der Waals surface area contributed by atoms with E-state index >= 15 is 0 Å². The van der Waals surface area contributed by atoms with Crippen LogP contribution in [0, 0.1) is 5.82 Å². The van der Waals surface area contributed by atoms with Crippen molar-refractivity contribution >= 4 is 5.95 Å². The molecule has 4 nitrogen and oxygen atoms in total. The van der Waals surface area contributed by atoms with Crippen LogP contribution in [0.2, 0.25) is 0 Å². The zero-order chi connectivity index (χ0) is 14.4. The van der Waals surface area contributed by atoms with E-state index in [0.717, 1.165) is 12.0 Å². The largest absolute Gasteiger partial charge is 0.478 e. The van der Waals surface area contributed by atoms with Gasteiger partial charge in [-0.05, 0) is 31.0 Å². The number of anilines is 1. The third kappa shape index (κ3) is 3.91. The van der Waals surface area contributed by atoms with Crippen LogP contribution in [0.1, 0.15) is 31.9 Å². The minimum absolute atomic E-state index is 0.0166. The molecule has 0 saturated heterocycles. The fourth-order valence-corrected chi connectivity index (χ4v) is 1.73. The van der Waals surface area contributed by atoms with Crippen LogP contribution in [0.4, 0.5) is 10.3 Å². The molecule has 1 aromatic heterocycles. The Morgan fingerprint density at radius 2 is 2.00 bits per heavy atom. The normalized spacial score (nSPS) is 11.9. The van der Waals surface area contributed by atoms with E-state index in [1.54, 1.807) is 24.4 Å². The standard InChI is InChI=1S/C15H18FN3O/c1-3-10-20-14-8-9-17-15(19-14)18-11(2)12-4-6-13(16)7-5-12/h4-9,11H,3,10H2,1-2H3,(H,17,18,19). The summed E-state index contributed by atoms with van der Waals surface area (Å²) >= 11 is 0. The second-order valence-corrected chi connectivity index (χ2v) is 4.48. The maximum Gasteiger partial charge on any atom is 0.226 e. The van der Waals surface area contributed by atoms with Gasteiger partial charge in [-0.3, -0.25) is 0 Å². The smallest absolute Gasteiger partial charge is 0.226 e. The summed E-state index contributed by atoms with van der Waals surface area (Å²) in [4.78, 5) is 8.43. The Hall–Kier alpha value is -2.17. The lowest BCUT2D eigenvalue weighted by Gasteiger charge is -2.14. The van der Waals surface area contributed by atoms with Gasteiger partial charge in [-0.2, -0.15) is 4.98 Å². The van der Waals surface area contributed by atoms with Gasteiger partial charge in [-0.15, -0.1) is 0 Å². The van der Waals surface area contributed by atoms with Crippen molar-refractivity contribution < 1.29 is 9.13 Å². The lowest BCUT2D eigenvalue weighted by Crippen LogP contribution is -2.10. The minimum Gasteiger partial charge on any atom is -0.478 e. The van der Waals surface area contributed by atoms with Crippen molar-refractivity contribution in [3.63, 3.8) is 0 Å². The Bertz CT molecular complexity index is 545. The molecule has 2 aromatic rings. The zero-order valence-electron chi connectivity index (χ0n) is 11.6. The molecule has 0 bridgehead atoms. The van der Waals surface area contributed by atoms with Crippen LogP contribution in [0.25, 0.3) is 0 Å². The van der Waals surface area contributed by atoms with Crippen LogP contribution >= 0.6 is 0 Å². The minimum atomic E-state index is -0.243. The topological polar surface area (TPSA) is 47.0 Å². The highest BCUT2D eigenvalue weighted by Gasteiger charge is 2.08. The van der Waals surface area contributed by atoms with Crippen molar-refractivity contribution in [3.05, 3.63) is 47.9 Å². The number of halogens is 1. The first-order valence-corrected chi connectivity index (χ1v) is 6.67. The first-order chi connectivity index (χ1) is 9.69. The molecule has 0 radical (unpaired) electrons. The number of nitrogens with one attached hydrogen (secondary N) is 1. The fourth-order valence-electron chi connectivity index (χ4n) is 1.73.